The van der Waals surface area contributed by atoms with E-state index in [-0.39, 0.29) is 0 Å². The molecule has 23 heavy (non-hydrogen) atoms. The van der Waals surface area contributed by atoms with E-state index in [1.807, 2.05) is 30.3 Å². The fraction of sp³-hybridized carbons (Fsp3) is 0.579. The Morgan fingerprint density at radius 2 is 1.74 bits per heavy atom. The summed E-state index contributed by atoms with van der Waals surface area (Å²) in [7, 11) is -3.66. The van der Waals surface area contributed by atoms with Gasteiger partial charge in [0.15, 0.2) is 0 Å². The molecule has 4 fully saturated rings. The maximum absolute atomic E-state index is 12.5. The molecular weight excluding hydrogens is 308 g/mol. The summed E-state index contributed by atoms with van der Waals surface area (Å²) in [5.74, 6) is 2.32. The predicted molar refractivity (Wildman–Crippen MR) is 90.9 cm³/mol. The van der Waals surface area contributed by atoms with E-state index in [2.05, 4.69) is 6.92 Å². The van der Waals surface area contributed by atoms with E-state index in [0.29, 0.717) is 23.7 Å². The minimum absolute atomic E-state index is 0.343. The van der Waals surface area contributed by atoms with Gasteiger partial charge in [-0.25, -0.2) is 0 Å². The molecule has 4 bridgehead atoms. The second-order valence-electron chi connectivity index (χ2n) is 7.75. The van der Waals surface area contributed by atoms with Gasteiger partial charge in [0.25, 0.3) is 10.1 Å². The lowest BCUT2D eigenvalue weighted by atomic mass is 9.50. The lowest BCUT2D eigenvalue weighted by molar-refractivity contribution is -0.145. The summed E-state index contributed by atoms with van der Waals surface area (Å²) in [6.45, 7) is 2.19. The third-order valence-electron chi connectivity index (χ3n) is 6.25. The fourth-order valence-electron chi connectivity index (χ4n) is 5.35. The zero-order chi connectivity index (χ0) is 16.1. The van der Waals surface area contributed by atoms with Crippen LogP contribution in [0.1, 0.15) is 44.6 Å². The van der Waals surface area contributed by atoms with Crippen LogP contribution in [-0.2, 0) is 14.3 Å². The molecule has 4 aliphatic rings. The first-order valence-corrected chi connectivity index (χ1v) is 10.1. The van der Waals surface area contributed by atoms with Crippen molar-refractivity contribution in [2.45, 2.75) is 44.6 Å². The summed E-state index contributed by atoms with van der Waals surface area (Å²) in [5, 5.41) is 1.23. The van der Waals surface area contributed by atoms with E-state index in [4.69, 9.17) is 4.18 Å². The lowest BCUT2D eigenvalue weighted by Crippen LogP contribution is -2.58. The van der Waals surface area contributed by atoms with Crippen LogP contribution in [0, 0.1) is 23.7 Å². The smallest absolute Gasteiger partial charge is 0.260 e. The molecule has 4 saturated carbocycles. The molecule has 3 unspecified atom stereocenters. The average Bonchev–Trinajstić information content (AvgIpc) is 2.50. The summed E-state index contributed by atoms with van der Waals surface area (Å²) in [4.78, 5) is 0. The van der Waals surface area contributed by atoms with Crippen molar-refractivity contribution in [3.05, 3.63) is 41.3 Å². The number of hydrogen-bond donors (Lipinski definition) is 0. The summed E-state index contributed by atoms with van der Waals surface area (Å²) >= 11 is 0. The van der Waals surface area contributed by atoms with Crippen molar-refractivity contribution in [1.29, 1.82) is 0 Å². The van der Waals surface area contributed by atoms with E-state index >= 15 is 0 Å². The van der Waals surface area contributed by atoms with Crippen LogP contribution in [-0.4, -0.2) is 14.0 Å². The quantitative estimate of drug-likeness (QED) is 0.775. The number of rotatable bonds is 4. The van der Waals surface area contributed by atoms with E-state index in [0.717, 1.165) is 18.4 Å². The SMILES string of the molecule is CC1C2CC3CC(C2)CC1(OS(=O)(=O)C=Cc1ccccc1)C3. The molecule has 3 nitrogen and oxygen atoms in total. The third kappa shape index (κ3) is 2.87. The van der Waals surface area contributed by atoms with Crippen molar-refractivity contribution in [2.24, 2.45) is 23.7 Å². The zero-order valence-electron chi connectivity index (χ0n) is 13.5. The molecule has 0 amide bonds. The van der Waals surface area contributed by atoms with Crippen molar-refractivity contribution in [2.75, 3.05) is 0 Å². The fourth-order valence-corrected chi connectivity index (χ4v) is 6.48. The standard InChI is InChI=1S/C19H24O3S/c1-14-18-10-16-9-17(11-18)13-19(14,12-16)22-23(20,21)8-7-15-5-3-2-4-6-15/h2-8,14,16-18H,9-13H2,1H3. The highest BCUT2D eigenvalue weighted by Gasteiger charge is 2.57. The van der Waals surface area contributed by atoms with Gasteiger partial charge in [-0.05, 0) is 67.4 Å². The Labute approximate surface area is 138 Å². The normalized spacial score (nSPS) is 39.2. The second-order valence-corrected chi connectivity index (χ2v) is 9.17. The largest absolute Gasteiger partial charge is 0.290 e. The molecule has 5 rings (SSSR count). The molecule has 0 heterocycles. The van der Waals surface area contributed by atoms with Crippen molar-refractivity contribution in [3.8, 4) is 0 Å². The van der Waals surface area contributed by atoms with E-state index in [1.54, 1.807) is 6.08 Å². The molecular formula is C19H24O3S. The van der Waals surface area contributed by atoms with Crippen LogP contribution < -0.4 is 0 Å². The van der Waals surface area contributed by atoms with Gasteiger partial charge in [0, 0.05) is 0 Å². The van der Waals surface area contributed by atoms with Crippen LogP contribution in [0.5, 0.6) is 0 Å². The van der Waals surface area contributed by atoms with Gasteiger partial charge in [-0.3, -0.25) is 4.18 Å². The average molecular weight is 332 g/mol. The third-order valence-corrected chi connectivity index (χ3v) is 7.29. The van der Waals surface area contributed by atoms with Crippen LogP contribution in [0.3, 0.4) is 0 Å². The zero-order valence-corrected chi connectivity index (χ0v) is 14.3. The van der Waals surface area contributed by atoms with Crippen molar-refractivity contribution in [3.63, 3.8) is 0 Å². The summed E-state index contributed by atoms with van der Waals surface area (Å²) in [5.41, 5.74) is 0.424. The first-order chi connectivity index (χ1) is 11.0. The van der Waals surface area contributed by atoms with Gasteiger partial charge < -0.3 is 0 Å². The maximum Gasteiger partial charge on any atom is 0.290 e. The maximum atomic E-state index is 12.5. The Kier molecular flexibility index (Phi) is 3.65. The highest BCUT2D eigenvalue weighted by atomic mass is 32.2. The highest BCUT2D eigenvalue weighted by molar-refractivity contribution is 7.89. The number of hydrogen-bond acceptors (Lipinski definition) is 3. The van der Waals surface area contributed by atoms with E-state index in [9.17, 15) is 8.42 Å². The molecule has 124 valence electrons. The van der Waals surface area contributed by atoms with Gasteiger partial charge in [-0.15, -0.1) is 0 Å². The molecule has 0 saturated heterocycles. The van der Waals surface area contributed by atoms with Gasteiger partial charge in [0.2, 0.25) is 0 Å². The van der Waals surface area contributed by atoms with Crippen LogP contribution in [0.15, 0.2) is 35.7 Å². The Hall–Kier alpha value is -1.13. The first-order valence-electron chi connectivity index (χ1n) is 8.64. The van der Waals surface area contributed by atoms with Gasteiger partial charge in [-0.2, -0.15) is 8.42 Å². The lowest BCUT2D eigenvalue weighted by Gasteiger charge is -2.59. The molecule has 0 N–H and O–H groups in total. The second kappa shape index (κ2) is 5.45. The molecule has 4 heteroatoms. The highest BCUT2D eigenvalue weighted by Crippen LogP contribution is 2.60. The Morgan fingerprint density at radius 1 is 1.09 bits per heavy atom. The van der Waals surface area contributed by atoms with Gasteiger partial charge in [0.1, 0.15) is 0 Å². The summed E-state index contributed by atoms with van der Waals surface area (Å²) < 4.78 is 30.9. The molecule has 0 spiro atoms. The van der Waals surface area contributed by atoms with Crippen LogP contribution >= 0.6 is 0 Å². The molecule has 0 radical (unpaired) electrons. The Balaban J connectivity index is 1.55. The van der Waals surface area contributed by atoms with Gasteiger partial charge in [-0.1, -0.05) is 37.3 Å². The Morgan fingerprint density at radius 3 is 2.39 bits per heavy atom. The predicted octanol–water partition coefficient (Wildman–Crippen LogP) is 4.22. The molecule has 3 atom stereocenters. The van der Waals surface area contributed by atoms with E-state index < -0.39 is 15.7 Å². The van der Waals surface area contributed by atoms with Crippen LogP contribution in [0.25, 0.3) is 6.08 Å². The van der Waals surface area contributed by atoms with Crippen LogP contribution in [0.4, 0.5) is 0 Å². The Bertz CT molecular complexity index is 693. The topological polar surface area (TPSA) is 43.4 Å². The first kappa shape index (κ1) is 15.4. The molecule has 0 aliphatic heterocycles. The van der Waals surface area contributed by atoms with E-state index in [1.165, 1.54) is 24.7 Å². The van der Waals surface area contributed by atoms with Crippen molar-refractivity contribution >= 4 is 16.2 Å². The summed E-state index contributed by atoms with van der Waals surface area (Å²) in [6.07, 6.45) is 7.26. The summed E-state index contributed by atoms with van der Waals surface area (Å²) in [6, 6.07) is 9.49. The molecule has 1 aromatic carbocycles. The molecule has 4 aliphatic carbocycles. The van der Waals surface area contributed by atoms with Crippen molar-refractivity contribution < 1.29 is 12.6 Å². The monoisotopic (exact) mass is 332 g/mol. The van der Waals surface area contributed by atoms with Crippen molar-refractivity contribution in [1.82, 2.24) is 0 Å². The van der Waals surface area contributed by atoms with Gasteiger partial charge >= 0.3 is 0 Å². The molecule has 1 aromatic rings. The molecule has 0 aromatic heterocycles. The minimum Gasteiger partial charge on any atom is -0.260 e. The number of benzene rings is 1. The van der Waals surface area contributed by atoms with Crippen LogP contribution in [0.2, 0.25) is 0 Å². The minimum atomic E-state index is -3.66. The van der Waals surface area contributed by atoms with Gasteiger partial charge in [0.05, 0.1) is 11.0 Å².